The number of nitrogens with zero attached hydrogens (tertiary/aromatic N) is 2. The third kappa shape index (κ3) is 29.5. The molecule has 0 radical (unpaired) electrons. The van der Waals surface area contributed by atoms with Gasteiger partial charge in [0.1, 0.15) is 57.5 Å². The van der Waals surface area contributed by atoms with Gasteiger partial charge in [0.05, 0.1) is 47.4 Å². The van der Waals surface area contributed by atoms with E-state index in [0.29, 0.717) is 12.8 Å². The van der Waals surface area contributed by atoms with Crippen LogP contribution in [-0.2, 0) is 66.8 Å². The van der Waals surface area contributed by atoms with Crippen LogP contribution in [0.5, 0.6) is 0 Å². The van der Waals surface area contributed by atoms with Gasteiger partial charge in [-0.3, -0.25) is 38.4 Å². The normalized spacial score (nSPS) is 17.5. The van der Waals surface area contributed by atoms with Crippen LogP contribution < -0.4 is 0 Å². The van der Waals surface area contributed by atoms with E-state index in [1.54, 1.807) is 27.7 Å². The average Bonchev–Trinajstić information content (AvgIpc) is 3.28. The number of hydrogen-bond donors (Lipinski definition) is 8. The zero-order chi connectivity index (χ0) is 59.5. The van der Waals surface area contributed by atoms with Crippen LogP contribution in [0, 0.1) is 27.6 Å². The van der Waals surface area contributed by atoms with Crippen LogP contribution in [0.2, 0.25) is 0 Å². The van der Waals surface area contributed by atoms with Crippen molar-refractivity contribution >= 4 is 47.8 Å². The molecule has 0 aliphatic rings. The fourth-order valence-corrected chi connectivity index (χ4v) is 8.24. The number of aliphatic carboxylic acids is 3. The predicted molar refractivity (Wildman–Crippen MR) is 272 cm³/mol. The van der Waals surface area contributed by atoms with E-state index in [9.17, 15) is 54.3 Å². The molecule has 0 saturated carbocycles. The molecule has 0 aliphatic heterocycles. The molecule has 8 N–H and O–H groups in total. The number of esters is 5. The second-order valence-electron chi connectivity index (χ2n) is 21.8. The van der Waals surface area contributed by atoms with Gasteiger partial charge in [0.2, 0.25) is 0 Å². The van der Waals surface area contributed by atoms with Gasteiger partial charge in [0.25, 0.3) is 11.9 Å². The van der Waals surface area contributed by atoms with E-state index in [-0.39, 0.29) is 58.5 Å². The number of aliphatic hydroxyl groups is 5. The first-order valence-electron chi connectivity index (χ1n) is 24.8. The summed E-state index contributed by atoms with van der Waals surface area (Å²) in [5, 5.41) is 74.7. The SMILES string of the molecule is CC(=O)O.CC(=O)O.CCC(C)(CC(C)(CC(C)C(=O)O)C(=O)OCC(O)CO)C(=O)OCC(O)COCC(O)COC(=O)C(C)(C)CC(C)(CC(C)(CC(C)(CC)N(C)C)C(=O)OCC(O)COC(C)=O)N(C)C. The smallest absolute Gasteiger partial charge is 0.312 e. The Labute approximate surface area is 443 Å². The fraction of sp³-hybridized carbons (Fsp3) is 0.843. The number of hydrogen-bond acceptors (Lipinski definition) is 21. The maximum absolute atomic E-state index is 14.0. The maximum Gasteiger partial charge on any atom is 0.312 e. The molecule has 0 spiro atoms. The largest absolute Gasteiger partial charge is 0.481 e. The molecule has 0 saturated heterocycles. The molecule has 24 heteroatoms. The first kappa shape index (κ1) is 74.7. The van der Waals surface area contributed by atoms with E-state index in [1.807, 2.05) is 58.8 Å². The van der Waals surface area contributed by atoms with E-state index in [2.05, 4.69) is 0 Å². The Hall–Kier alpha value is -4.56. The summed E-state index contributed by atoms with van der Waals surface area (Å²) in [6.45, 7) is 17.0. The third-order valence-electron chi connectivity index (χ3n) is 13.0. The summed E-state index contributed by atoms with van der Waals surface area (Å²) in [4.78, 5) is 99.2. The van der Waals surface area contributed by atoms with Gasteiger partial charge in [-0.05, 0) is 122 Å². The molecule has 75 heavy (non-hydrogen) atoms. The highest BCUT2D eigenvalue weighted by Gasteiger charge is 2.51. The van der Waals surface area contributed by atoms with Crippen molar-refractivity contribution in [3.8, 4) is 0 Å². The molecule has 0 bridgehead atoms. The van der Waals surface area contributed by atoms with Crippen LogP contribution in [0.3, 0.4) is 0 Å². The minimum absolute atomic E-state index is 0.161. The van der Waals surface area contributed by atoms with Crippen LogP contribution in [0.25, 0.3) is 0 Å². The van der Waals surface area contributed by atoms with Crippen LogP contribution in [-0.4, -0.2) is 215 Å². The Bertz CT molecular complexity index is 1780. The molecule has 10 atom stereocenters. The van der Waals surface area contributed by atoms with E-state index >= 15 is 0 Å². The first-order chi connectivity index (χ1) is 34.1. The second-order valence-corrected chi connectivity index (χ2v) is 21.8. The number of rotatable bonds is 34. The standard InChI is InChI=1S/C47H86N2O18.2C2H4O2/c1-16-43(7,28-44(8,18-31(3)37(56)57)40(60)65-22-33(52)19-50)39(59)66-25-35(54)21-62-20-34(53)24-64-38(58)42(5,6)27-47(11,49(14)15)30-45(9,29-46(10,17-2)48(12)13)41(61)67-26-36(55)23-63-32(4)51;2*1-2(3)4/h31,33-36,50,52-55H,16-30H2,1-15H3,(H,56,57);2*1H3,(H,3,4). The van der Waals surface area contributed by atoms with Gasteiger partial charge < -0.3 is 79.1 Å². The lowest BCUT2D eigenvalue weighted by Crippen LogP contribution is -2.54. The molecule has 0 aromatic rings. The number of ether oxygens (including phenoxy) is 6. The maximum atomic E-state index is 14.0. The molecular weight excluding hydrogens is 993 g/mol. The number of carbonyl (C=O) groups excluding carboxylic acids is 5. The average molecular weight is 1090 g/mol. The van der Waals surface area contributed by atoms with Crippen molar-refractivity contribution < 1.29 is 108 Å². The van der Waals surface area contributed by atoms with Gasteiger partial charge >= 0.3 is 35.8 Å². The Kier molecular flexibility index (Phi) is 34.1. The Morgan fingerprint density at radius 3 is 1.17 bits per heavy atom. The van der Waals surface area contributed by atoms with E-state index in [1.165, 1.54) is 27.7 Å². The van der Waals surface area contributed by atoms with Crippen LogP contribution in [0.1, 0.15) is 135 Å². The van der Waals surface area contributed by atoms with Gasteiger partial charge in [-0.15, -0.1) is 0 Å². The number of carboxylic acids is 3. The van der Waals surface area contributed by atoms with E-state index < -0.39 is 137 Å². The summed E-state index contributed by atoms with van der Waals surface area (Å²) in [5.41, 5.74) is -6.37. The number of carbonyl (C=O) groups is 8. The van der Waals surface area contributed by atoms with Crippen molar-refractivity contribution in [1.29, 1.82) is 0 Å². The Morgan fingerprint density at radius 2 is 0.813 bits per heavy atom. The molecule has 0 aromatic heterocycles. The summed E-state index contributed by atoms with van der Waals surface area (Å²) < 4.78 is 32.1. The summed E-state index contributed by atoms with van der Waals surface area (Å²) >= 11 is 0. The number of aliphatic hydroxyl groups excluding tert-OH is 5. The lowest BCUT2D eigenvalue weighted by Gasteiger charge is -2.48. The van der Waals surface area contributed by atoms with Crippen molar-refractivity contribution in [2.24, 2.45) is 27.6 Å². The Morgan fingerprint density at radius 1 is 0.467 bits per heavy atom. The minimum Gasteiger partial charge on any atom is -0.481 e. The number of carboxylic acid groups (broad SMARTS) is 3. The molecule has 0 amide bonds. The van der Waals surface area contributed by atoms with Gasteiger partial charge in [-0.25, -0.2) is 0 Å². The highest BCUT2D eigenvalue weighted by molar-refractivity contribution is 5.82. The van der Waals surface area contributed by atoms with E-state index in [0.717, 1.165) is 13.8 Å². The van der Waals surface area contributed by atoms with Crippen molar-refractivity contribution in [1.82, 2.24) is 9.80 Å². The molecule has 0 heterocycles. The van der Waals surface area contributed by atoms with Crippen LogP contribution in [0.4, 0.5) is 0 Å². The summed E-state index contributed by atoms with van der Waals surface area (Å²) in [7, 11) is 7.54. The highest BCUT2D eigenvalue weighted by atomic mass is 16.6. The van der Waals surface area contributed by atoms with Crippen LogP contribution in [0.15, 0.2) is 0 Å². The highest BCUT2D eigenvalue weighted by Crippen LogP contribution is 2.46. The molecular formula is C51H94N2O22. The topological polar surface area (TPSA) is 360 Å². The van der Waals surface area contributed by atoms with Crippen LogP contribution >= 0.6 is 0 Å². The second kappa shape index (κ2) is 34.3. The molecule has 10 unspecified atom stereocenters. The lowest BCUT2D eigenvalue weighted by molar-refractivity contribution is -0.170. The van der Waals surface area contributed by atoms with Crippen molar-refractivity contribution in [3.63, 3.8) is 0 Å². The predicted octanol–water partition coefficient (Wildman–Crippen LogP) is 2.53. The van der Waals surface area contributed by atoms with Gasteiger partial charge in [-0.2, -0.15) is 0 Å². The third-order valence-corrected chi connectivity index (χ3v) is 13.0. The molecule has 440 valence electrons. The van der Waals surface area contributed by atoms with Gasteiger partial charge in [0.15, 0.2) is 0 Å². The van der Waals surface area contributed by atoms with Crippen molar-refractivity contribution in [2.75, 3.05) is 81.0 Å². The fourth-order valence-electron chi connectivity index (χ4n) is 8.24. The minimum atomic E-state index is -1.51. The molecule has 0 rings (SSSR count). The molecule has 0 fully saturated rings. The van der Waals surface area contributed by atoms with E-state index in [4.69, 9.17) is 53.3 Å². The van der Waals surface area contributed by atoms with Gasteiger partial charge in [0, 0.05) is 31.8 Å². The molecule has 24 nitrogen and oxygen atoms in total. The monoisotopic (exact) mass is 1090 g/mol. The summed E-state index contributed by atoms with van der Waals surface area (Å²) in [6.07, 6.45) is -3.94. The zero-order valence-electron chi connectivity index (χ0n) is 47.7. The molecule has 0 aliphatic carbocycles. The molecule has 0 aromatic carbocycles. The summed E-state index contributed by atoms with van der Waals surface area (Å²) in [6, 6.07) is 0. The quantitative estimate of drug-likeness (QED) is 0.0339. The first-order valence-corrected chi connectivity index (χ1v) is 24.8. The lowest BCUT2D eigenvalue weighted by atomic mass is 9.66. The zero-order valence-corrected chi connectivity index (χ0v) is 47.7. The van der Waals surface area contributed by atoms with Gasteiger partial charge in [-0.1, -0.05) is 20.8 Å². The summed E-state index contributed by atoms with van der Waals surface area (Å²) in [5.74, 6) is -7.25. The Balaban J connectivity index is -0.00000600. The van der Waals surface area contributed by atoms with Crippen molar-refractivity contribution in [2.45, 2.75) is 170 Å². The van der Waals surface area contributed by atoms with Crippen molar-refractivity contribution in [3.05, 3.63) is 0 Å².